The number of ether oxygens (including phenoxy) is 1. The predicted octanol–water partition coefficient (Wildman–Crippen LogP) is 3.68. The Labute approximate surface area is 172 Å². The summed E-state index contributed by atoms with van der Waals surface area (Å²) in [5.41, 5.74) is 0.501. The predicted molar refractivity (Wildman–Crippen MR) is 110 cm³/mol. The van der Waals surface area contributed by atoms with Crippen molar-refractivity contribution in [3.8, 4) is 5.75 Å². The summed E-state index contributed by atoms with van der Waals surface area (Å²) >= 11 is 11.9. The molecule has 0 bridgehead atoms. The van der Waals surface area contributed by atoms with Gasteiger partial charge in [-0.2, -0.15) is 0 Å². The molecule has 0 atom stereocenters. The Bertz CT molecular complexity index is 1040. The zero-order chi connectivity index (χ0) is 19.9. The summed E-state index contributed by atoms with van der Waals surface area (Å²) in [5, 5.41) is 4.35. The second kappa shape index (κ2) is 9.57. The number of hydrogen-bond acceptors (Lipinski definition) is 4. The first-order chi connectivity index (χ1) is 13.5. The van der Waals surface area contributed by atoms with Gasteiger partial charge in [0.25, 0.3) is 5.56 Å². The number of hydrogen-bond donors (Lipinski definition) is 1. The van der Waals surface area contributed by atoms with Crippen LogP contribution in [0.2, 0.25) is 10.0 Å². The number of carbonyl (C=O) groups excluding carboxylic acids is 1. The Hall–Kier alpha value is -2.57. The molecule has 0 aliphatic heterocycles. The molecule has 0 saturated carbocycles. The zero-order valence-corrected chi connectivity index (χ0v) is 16.5. The van der Waals surface area contributed by atoms with Gasteiger partial charge in [0.15, 0.2) is 0 Å². The topological polar surface area (TPSA) is 73.2 Å². The highest BCUT2D eigenvalue weighted by atomic mass is 35.5. The van der Waals surface area contributed by atoms with Crippen molar-refractivity contribution in [1.29, 1.82) is 0 Å². The number of halogens is 2. The number of fused-ring (bicyclic) bond motifs is 1. The van der Waals surface area contributed by atoms with Gasteiger partial charge in [-0.15, -0.1) is 0 Å². The number of amides is 1. The number of para-hydroxylation sites is 1. The monoisotopic (exact) mass is 419 g/mol. The van der Waals surface area contributed by atoms with Crippen molar-refractivity contribution in [2.45, 2.75) is 19.4 Å². The smallest absolute Gasteiger partial charge is 0.261 e. The molecular weight excluding hydrogens is 401 g/mol. The van der Waals surface area contributed by atoms with Crippen molar-refractivity contribution in [3.05, 3.63) is 69.2 Å². The highest BCUT2D eigenvalue weighted by Gasteiger charge is 2.07. The van der Waals surface area contributed by atoms with Crippen molar-refractivity contribution in [1.82, 2.24) is 14.9 Å². The maximum absolute atomic E-state index is 12.4. The standard InChI is InChI=1S/C20H19Cl2N3O3/c21-14-6-7-18(16(22)12-14)28-11-3-9-23-19(26)8-10-25-13-24-17-5-2-1-4-15(17)20(25)27/h1-2,4-7,12-13H,3,8-11H2,(H,23,26). The van der Waals surface area contributed by atoms with Gasteiger partial charge in [-0.3, -0.25) is 14.2 Å². The molecule has 0 unspecified atom stereocenters. The third kappa shape index (κ3) is 5.24. The average Bonchev–Trinajstić information content (AvgIpc) is 2.69. The molecule has 1 aromatic heterocycles. The maximum atomic E-state index is 12.4. The van der Waals surface area contributed by atoms with Crippen molar-refractivity contribution < 1.29 is 9.53 Å². The molecule has 0 saturated heterocycles. The van der Waals surface area contributed by atoms with Crippen LogP contribution in [0.4, 0.5) is 0 Å². The molecule has 6 nitrogen and oxygen atoms in total. The van der Waals surface area contributed by atoms with E-state index < -0.39 is 0 Å². The summed E-state index contributed by atoms with van der Waals surface area (Å²) in [6.45, 7) is 1.16. The molecular formula is C20H19Cl2N3O3. The third-order valence-electron chi connectivity index (χ3n) is 4.11. The van der Waals surface area contributed by atoms with E-state index in [1.54, 1.807) is 36.4 Å². The van der Waals surface area contributed by atoms with Crippen LogP contribution in [0.3, 0.4) is 0 Å². The Morgan fingerprint density at radius 3 is 2.82 bits per heavy atom. The van der Waals surface area contributed by atoms with E-state index in [4.69, 9.17) is 27.9 Å². The number of aryl methyl sites for hydroxylation is 1. The Balaban J connectivity index is 1.40. The number of benzene rings is 2. The van der Waals surface area contributed by atoms with Crippen LogP contribution in [0, 0.1) is 0 Å². The molecule has 1 amide bonds. The number of aromatic nitrogens is 2. The summed E-state index contributed by atoms with van der Waals surface area (Å²) in [7, 11) is 0. The van der Waals surface area contributed by atoms with Crippen LogP contribution in [0.25, 0.3) is 10.9 Å². The molecule has 2 aromatic carbocycles. The number of nitrogens with zero attached hydrogens (tertiary/aromatic N) is 2. The first-order valence-corrected chi connectivity index (χ1v) is 9.59. The quantitative estimate of drug-likeness (QED) is 0.565. The van der Waals surface area contributed by atoms with Crippen molar-refractivity contribution in [2.75, 3.05) is 13.2 Å². The van der Waals surface area contributed by atoms with Gasteiger partial charge in [0, 0.05) is 24.5 Å². The van der Waals surface area contributed by atoms with Gasteiger partial charge < -0.3 is 10.1 Å². The Kier molecular flexibility index (Phi) is 6.90. The van der Waals surface area contributed by atoms with Crippen molar-refractivity contribution in [2.24, 2.45) is 0 Å². The summed E-state index contributed by atoms with van der Waals surface area (Å²) < 4.78 is 7.02. The maximum Gasteiger partial charge on any atom is 0.261 e. The van der Waals surface area contributed by atoms with Crippen LogP contribution in [-0.4, -0.2) is 28.6 Å². The SMILES string of the molecule is O=C(CCn1cnc2ccccc2c1=O)NCCCOc1ccc(Cl)cc1Cl. The van der Waals surface area contributed by atoms with E-state index in [0.29, 0.717) is 46.3 Å². The summed E-state index contributed by atoms with van der Waals surface area (Å²) in [4.78, 5) is 28.6. The highest BCUT2D eigenvalue weighted by Crippen LogP contribution is 2.27. The molecule has 146 valence electrons. The lowest BCUT2D eigenvalue weighted by Crippen LogP contribution is -2.28. The van der Waals surface area contributed by atoms with Crippen molar-refractivity contribution >= 4 is 40.0 Å². The summed E-state index contributed by atoms with van der Waals surface area (Å²) in [6.07, 6.45) is 2.30. The van der Waals surface area contributed by atoms with E-state index in [9.17, 15) is 9.59 Å². The fourth-order valence-electron chi connectivity index (χ4n) is 2.65. The Morgan fingerprint density at radius 2 is 2.00 bits per heavy atom. The van der Waals surface area contributed by atoms with E-state index in [2.05, 4.69) is 10.3 Å². The largest absolute Gasteiger partial charge is 0.492 e. The van der Waals surface area contributed by atoms with Gasteiger partial charge >= 0.3 is 0 Å². The molecule has 3 aromatic rings. The second-order valence-corrected chi connectivity index (χ2v) is 6.98. The number of nitrogens with one attached hydrogen (secondary N) is 1. The van der Waals surface area contributed by atoms with E-state index in [0.717, 1.165) is 0 Å². The van der Waals surface area contributed by atoms with E-state index in [1.165, 1.54) is 10.9 Å². The minimum atomic E-state index is -0.147. The van der Waals surface area contributed by atoms with Crippen LogP contribution >= 0.6 is 23.2 Å². The molecule has 0 spiro atoms. The van der Waals surface area contributed by atoms with Gasteiger partial charge in [0.05, 0.1) is 28.9 Å². The van der Waals surface area contributed by atoms with Gasteiger partial charge in [0.1, 0.15) is 5.75 Å². The molecule has 8 heteroatoms. The second-order valence-electron chi connectivity index (χ2n) is 6.14. The van der Waals surface area contributed by atoms with Crippen molar-refractivity contribution in [3.63, 3.8) is 0 Å². The van der Waals surface area contributed by atoms with Gasteiger partial charge in [-0.05, 0) is 36.8 Å². The van der Waals surface area contributed by atoms with Crippen LogP contribution in [0.5, 0.6) is 5.75 Å². The van der Waals surface area contributed by atoms with Crippen LogP contribution in [0.15, 0.2) is 53.6 Å². The number of carbonyl (C=O) groups is 1. The van der Waals surface area contributed by atoms with E-state index in [1.807, 2.05) is 6.07 Å². The molecule has 0 radical (unpaired) electrons. The summed E-state index contributed by atoms with van der Waals surface area (Å²) in [6, 6.07) is 12.2. The Morgan fingerprint density at radius 1 is 1.18 bits per heavy atom. The third-order valence-corrected chi connectivity index (χ3v) is 4.64. The fraction of sp³-hybridized carbons (Fsp3) is 0.250. The molecule has 1 heterocycles. The fourth-order valence-corrected chi connectivity index (χ4v) is 3.11. The average molecular weight is 420 g/mol. The highest BCUT2D eigenvalue weighted by molar-refractivity contribution is 6.35. The van der Waals surface area contributed by atoms with E-state index >= 15 is 0 Å². The summed E-state index contributed by atoms with van der Waals surface area (Å²) in [5.74, 6) is 0.421. The van der Waals surface area contributed by atoms with Gasteiger partial charge in [-0.25, -0.2) is 4.98 Å². The lowest BCUT2D eigenvalue weighted by atomic mass is 10.2. The normalized spacial score (nSPS) is 10.8. The molecule has 0 aliphatic carbocycles. The minimum absolute atomic E-state index is 0.135. The molecule has 3 rings (SSSR count). The number of rotatable bonds is 8. The van der Waals surface area contributed by atoms with Crippen LogP contribution < -0.4 is 15.6 Å². The minimum Gasteiger partial charge on any atom is -0.492 e. The molecule has 28 heavy (non-hydrogen) atoms. The lowest BCUT2D eigenvalue weighted by Gasteiger charge is -2.09. The lowest BCUT2D eigenvalue weighted by molar-refractivity contribution is -0.121. The molecule has 0 aliphatic rings. The first-order valence-electron chi connectivity index (χ1n) is 8.83. The van der Waals surface area contributed by atoms with Gasteiger partial charge in [0.2, 0.25) is 5.91 Å². The van der Waals surface area contributed by atoms with Crippen LogP contribution in [-0.2, 0) is 11.3 Å². The van der Waals surface area contributed by atoms with E-state index in [-0.39, 0.29) is 24.4 Å². The molecule has 0 fully saturated rings. The molecule has 1 N–H and O–H groups in total. The zero-order valence-electron chi connectivity index (χ0n) is 15.0. The van der Waals surface area contributed by atoms with Crippen LogP contribution in [0.1, 0.15) is 12.8 Å². The first kappa shape index (κ1) is 20.2. The van der Waals surface area contributed by atoms with Gasteiger partial charge in [-0.1, -0.05) is 35.3 Å².